The maximum absolute atomic E-state index is 11.8. The summed E-state index contributed by atoms with van der Waals surface area (Å²) in [6, 6.07) is 1.89. The van der Waals surface area contributed by atoms with Gasteiger partial charge in [-0.1, -0.05) is 0 Å². The summed E-state index contributed by atoms with van der Waals surface area (Å²) >= 11 is 4.05. The number of nitrogens with zero attached hydrogens (tertiary/aromatic N) is 3. The van der Waals surface area contributed by atoms with Gasteiger partial charge in [-0.05, 0) is 18.7 Å². The van der Waals surface area contributed by atoms with Crippen LogP contribution in [0.15, 0.2) is 12.3 Å². The van der Waals surface area contributed by atoms with Crippen molar-refractivity contribution >= 4 is 18.5 Å². The molecule has 0 aromatic carbocycles. The highest BCUT2D eigenvalue weighted by Gasteiger charge is 2.14. The average Bonchev–Trinajstić information content (AvgIpc) is 2.76. The van der Waals surface area contributed by atoms with Crippen LogP contribution in [0.5, 0.6) is 0 Å². The van der Waals surface area contributed by atoms with Gasteiger partial charge in [0.15, 0.2) is 0 Å². The van der Waals surface area contributed by atoms with Gasteiger partial charge in [-0.25, -0.2) is 0 Å². The van der Waals surface area contributed by atoms with Crippen molar-refractivity contribution in [2.75, 3.05) is 18.9 Å². The van der Waals surface area contributed by atoms with Crippen LogP contribution in [0.3, 0.4) is 0 Å². The molecule has 0 aliphatic carbocycles. The number of rotatable bonds is 7. The van der Waals surface area contributed by atoms with Gasteiger partial charge < -0.3 is 10.0 Å². The van der Waals surface area contributed by atoms with E-state index >= 15 is 0 Å². The third-order valence-corrected chi connectivity index (χ3v) is 2.73. The summed E-state index contributed by atoms with van der Waals surface area (Å²) in [5, 5.41) is 13.1. The molecular weight excluding hydrogens is 238 g/mol. The lowest BCUT2D eigenvalue weighted by atomic mass is 10.3. The molecule has 0 radical (unpaired) electrons. The third kappa shape index (κ3) is 4.05. The topological polar surface area (TPSA) is 58.4 Å². The maximum atomic E-state index is 11.8. The van der Waals surface area contributed by atoms with Crippen molar-refractivity contribution in [2.45, 2.75) is 26.4 Å². The minimum atomic E-state index is -0.0292. The summed E-state index contributed by atoms with van der Waals surface area (Å²) in [5.74, 6) is 0.534. The molecule has 0 aliphatic heterocycles. The van der Waals surface area contributed by atoms with Gasteiger partial charge in [0.1, 0.15) is 0 Å². The van der Waals surface area contributed by atoms with Crippen molar-refractivity contribution in [3.63, 3.8) is 0 Å². The number of aromatic nitrogens is 2. The Kier molecular flexibility index (Phi) is 6.07. The van der Waals surface area contributed by atoms with Crippen LogP contribution in [0.4, 0.5) is 0 Å². The fourth-order valence-electron chi connectivity index (χ4n) is 1.64. The molecule has 1 heterocycles. The lowest BCUT2D eigenvalue weighted by molar-refractivity contribution is -0.132. The zero-order valence-corrected chi connectivity index (χ0v) is 10.9. The summed E-state index contributed by atoms with van der Waals surface area (Å²) in [6.07, 6.45) is 2.11. The summed E-state index contributed by atoms with van der Waals surface area (Å²) in [7, 11) is 0. The van der Waals surface area contributed by atoms with E-state index in [2.05, 4.69) is 17.7 Å². The largest absolute Gasteiger partial charge is 0.395 e. The van der Waals surface area contributed by atoms with Crippen LogP contribution in [-0.2, 0) is 17.9 Å². The van der Waals surface area contributed by atoms with Crippen LogP contribution in [0.2, 0.25) is 0 Å². The molecule has 0 bridgehead atoms. The van der Waals surface area contributed by atoms with Crippen LogP contribution in [-0.4, -0.2) is 44.6 Å². The summed E-state index contributed by atoms with van der Waals surface area (Å²) < 4.78 is 1.85. The second-order valence-corrected chi connectivity index (χ2v) is 4.10. The lowest BCUT2D eigenvalue weighted by Gasteiger charge is -2.21. The first kappa shape index (κ1) is 14.1. The highest BCUT2D eigenvalue weighted by Crippen LogP contribution is 2.06. The molecule has 0 saturated carbocycles. The minimum absolute atomic E-state index is 0.0119. The summed E-state index contributed by atoms with van der Waals surface area (Å²) in [6.45, 7) is 3.58. The van der Waals surface area contributed by atoms with Gasteiger partial charge in [-0.3, -0.25) is 9.48 Å². The monoisotopic (exact) mass is 257 g/mol. The Bertz CT molecular complexity index is 354. The molecule has 5 nitrogen and oxygen atoms in total. The van der Waals surface area contributed by atoms with E-state index in [9.17, 15) is 4.79 Å². The van der Waals surface area contributed by atoms with Crippen LogP contribution >= 0.6 is 12.6 Å². The quantitative estimate of drug-likeness (QED) is 0.701. The normalized spacial score (nSPS) is 10.5. The SMILES string of the molecule is CCn1nccc1CN(CCO)C(=O)CCS. The van der Waals surface area contributed by atoms with E-state index in [0.717, 1.165) is 12.2 Å². The van der Waals surface area contributed by atoms with Crippen LogP contribution in [0, 0.1) is 0 Å². The standard InChI is InChI=1S/C11H19N3O2S/c1-2-14-10(3-5-12-14)9-13(6-7-15)11(16)4-8-17/h3,5,15,17H,2,4,6-9H2,1H3. The average molecular weight is 257 g/mol. The van der Waals surface area contributed by atoms with Gasteiger partial charge in [0.25, 0.3) is 0 Å². The fraction of sp³-hybridized carbons (Fsp3) is 0.636. The number of aliphatic hydroxyl groups is 1. The first-order chi connectivity index (χ1) is 8.22. The first-order valence-electron chi connectivity index (χ1n) is 5.73. The smallest absolute Gasteiger partial charge is 0.223 e. The molecule has 0 saturated heterocycles. The van der Waals surface area contributed by atoms with E-state index < -0.39 is 0 Å². The Morgan fingerprint density at radius 2 is 2.41 bits per heavy atom. The summed E-state index contributed by atoms with van der Waals surface area (Å²) in [5.41, 5.74) is 0.980. The second-order valence-electron chi connectivity index (χ2n) is 3.65. The minimum Gasteiger partial charge on any atom is -0.395 e. The van der Waals surface area contributed by atoms with Gasteiger partial charge >= 0.3 is 0 Å². The van der Waals surface area contributed by atoms with Crippen molar-refractivity contribution in [3.8, 4) is 0 Å². The number of hydrogen-bond acceptors (Lipinski definition) is 4. The van der Waals surface area contributed by atoms with E-state index in [0.29, 0.717) is 25.3 Å². The Balaban J connectivity index is 2.69. The lowest BCUT2D eigenvalue weighted by Crippen LogP contribution is -2.34. The Labute approximate surface area is 107 Å². The fourth-order valence-corrected chi connectivity index (χ4v) is 1.83. The molecule has 1 N–H and O–H groups in total. The van der Waals surface area contributed by atoms with Crippen molar-refractivity contribution in [3.05, 3.63) is 18.0 Å². The number of aryl methyl sites for hydroxylation is 1. The van der Waals surface area contributed by atoms with Crippen molar-refractivity contribution in [1.82, 2.24) is 14.7 Å². The van der Waals surface area contributed by atoms with Gasteiger partial charge in [-0.15, -0.1) is 0 Å². The molecule has 0 unspecified atom stereocenters. The van der Waals surface area contributed by atoms with E-state index in [1.165, 1.54) is 0 Å². The zero-order chi connectivity index (χ0) is 12.7. The number of carbonyl (C=O) groups excluding carboxylic acids is 1. The molecule has 0 spiro atoms. The van der Waals surface area contributed by atoms with Crippen molar-refractivity contribution in [2.24, 2.45) is 0 Å². The number of hydrogen-bond donors (Lipinski definition) is 2. The Morgan fingerprint density at radius 1 is 1.65 bits per heavy atom. The van der Waals surface area contributed by atoms with Gasteiger partial charge in [-0.2, -0.15) is 17.7 Å². The molecule has 6 heteroatoms. The van der Waals surface area contributed by atoms with E-state index in [1.807, 2.05) is 17.7 Å². The second kappa shape index (κ2) is 7.34. The zero-order valence-electron chi connectivity index (χ0n) is 10.0. The maximum Gasteiger partial charge on any atom is 0.223 e. The van der Waals surface area contributed by atoms with Gasteiger partial charge in [0.05, 0.1) is 18.8 Å². The van der Waals surface area contributed by atoms with E-state index in [4.69, 9.17) is 5.11 Å². The Morgan fingerprint density at radius 3 is 3.00 bits per heavy atom. The number of aliphatic hydroxyl groups excluding tert-OH is 1. The number of thiol groups is 1. The molecule has 96 valence electrons. The van der Waals surface area contributed by atoms with Crippen molar-refractivity contribution in [1.29, 1.82) is 0 Å². The molecule has 1 aromatic heterocycles. The van der Waals surface area contributed by atoms with Crippen LogP contribution in [0.1, 0.15) is 19.0 Å². The van der Waals surface area contributed by atoms with Crippen LogP contribution in [0.25, 0.3) is 0 Å². The molecule has 17 heavy (non-hydrogen) atoms. The highest BCUT2D eigenvalue weighted by molar-refractivity contribution is 7.80. The highest BCUT2D eigenvalue weighted by atomic mass is 32.1. The molecule has 1 amide bonds. The van der Waals surface area contributed by atoms with E-state index in [-0.39, 0.29) is 12.5 Å². The molecule has 0 aliphatic rings. The number of carbonyl (C=O) groups is 1. The molecule has 0 atom stereocenters. The summed E-state index contributed by atoms with van der Waals surface area (Å²) in [4.78, 5) is 13.4. The number of amides is 1. The predicted octanol–water partition coefficient (Wildman–Crippen LogP) is 0.544. The first-order valence-corrected chi connectivity index (χ1v) is 6.36. The molecule has 1 rings (SSSR count). The van der Waals surface area contributed by atoms with Gasteiger partial charge in [0.2, 0.25) is 5.91 Å². The Hall–Kier alpha value is -1.01. The van der Waals surface area contributed by atoms with E-state index in [1.54, 1.807) is 11.1 Å². The van der Waals surface area contributed by atoms with Crippen LogP contribution < -0.4 is 0 Å². The van der Waals surface area contributed by atoms with Crippen molar-refractivity contribution < 1.29 is 9.90 Å². The molecular formula is C11H19N3O2S. The third-order valence-electron chi connectivity index (χ3n) is 2.51. The molecule has 0 fully saturated rings. The predicted molar refractivity (Wildman–Crippen MR) is 68.9 cm³/mol. The molecule has 1 aromatic rings. The van der Waals surface area contributed by atoms with Gasteiger partial charge in [0, 0.05) is 25.7 Å².